The van der Waals surface area contributed by atoms with Gasteiger partial charge in [-0.05, 0) is 102 Å². The number of piperazine rings is 1. The number of unbranched alkanes of at least 4 members (excludes halogenated alkanes) is 1. The Kier molecular flexibility index (Phi) is 6.31. The van der Waals surface area contributed by atoms with Crippen LogP contribution in [-0.2, 0) is 12.8 Å². The second-order valence-electron chi connectivity index (χ2n) is 10.9. The maximum Gasteiger partial charge on any atom is 0.150 e. The summed E-state index contributed by atoms with van der Waals surface area (Å²) in [4.78, 5) is 5.16. The minimum absolute atomic E-state index is 0.654. The first-order chi connectivity index (χ1) is 18.3. The summed E-state index contributed by atoms with van der Waals surface area (Å²) in [7, 11) is 0. The number of allylic oxidation sites excluding steroid dienone is 2. The van der Waals surface area contributed by atoms with Crippen LogP contribution in [0.3, 0.4) is 0 Å². The summed E-state index contributed by atoms with van der Waals surface area (Å²) in [6.45, 7) is 5.68. The predicted molar refractivity (Wildman–Crippen MR) is 157 cm³/mol. The third-order valence-electron chi connectivity index (χ3n) is 8.80. The number of aromatic nitrogens is 1. The highest BCUT2D eigenvalue weighted by Crippen LogP contribution is 2.47. The average molecular weight is 506 g/mol. The number of hydrogen-bond donors (Lipinski definition) is 0. The number of anilines is 1. The second kappa shape index (κ2) is 10.1. The third kappa shape index (κ3) is 4.41. The molecule has 3 nitrogen and oxygen atoms in total. The maximum absolute atomic E-state index is 4.78. The predicted octanol–water partition coefficient (Wildman–Crippen LogP) is 7.32. The molecule has 188 valence electrons. The van der Waals surface area contributed by atoms with Gasteiger partial charge in [-0.15, -0.1) is 0 Å². The van der Waals surface area contributed by atoms with Crippen LogP contribution in [0.25, 0.3) is 21.2 Å². The van der Waals surface area contributed by atoms with Gasteiger partial charge < -0.3 is 4.90 Å². The summed E-state index contributed by atoms with van der Waals surface area (Å²) in [6.07, 6.45) is 7.47. The summed E-state index contributed by atoms with van der Waals surface area (Å²) < 4.78 is 6.08. The van der Waals surface area contributed by atoms with Crippen LogP contribution in [0.15, 0.2) is 72.8 Å². The minimum Gasteiger partial charge on any atom is -0.353 e. The largest absolute Gasteiger partial charge is 0.353 e. The molecule has 4 aromatic rings. The fourth-order valence-electron chi connectivity index (χ4n) is 6.92. The molecular formula is C33H35N3S. The molecule has 0 saturated carbocycles. The van der Waals surface area contributed by atoms with Crippen LogP contribution in [0.5, 0.6) is 0 Å². The van der Waals surface area contributed by atoms with Crippen molar-refractivity contribution in [3.63, 3.8) is 0 Å². The van der Waals surface area contributed by atoms with Gasteiger partial charge in [-0.25, -0.2) is 0 Å². The lowest BCUT2D eigenvalue weighted by atomic mass is 9.69. The van der Waals surface area contributed by atoms with Gasteiger partial charge in [0.25, 0.3) is 0 Å². The van der Waals surface area contributed by atoms with Crippen LogP contribution >= 0.6 is 11.5 Å². The molecule has 1 fully saturated rings. The van der Waals surface area contributed by atoms with E-state index in [1.54, 1.807) is 33.8 Å². The Labute approximate surface area is 224 Å². The van der Waals surface area contributed by atoms with Gasteiger partial charge in [-0.2, -0.15) is 4.37 Å². The molecule has 0 spiro atoms. The Morgan fingerprint density at radius 3 is 2.41 bits per heavy atom. The van der Waals surface area contributed by atoms with E-state index in [0.29, 0.717) is 5.92 Å². The quantitative estimate of drug-likeness (QED) is 0.256. The van der Waals surface area contributed by atoms with E-state index in [1.807, 2.05) is 0 Å². The molecule has 7 rings (SSSR count). The van der Waals surface area contributed by atoms with Crippen LogP contribution in [0.4, 0.5) is 5.82 Å². The molecule has 2 aliphatic carbocycles. The molecule has 1 aliphatic heterocycles. The standard InChI is InChI=1S/C33H35N3S/c1-4-13-28-24(9-1)16-17-29-27-12-3-2-10-25(27)23-26(32(28)29)11-7-8-18-35-19-21-36(22-20-35)33-30-14-5-6-15-31(30)37-34-33/h1-6,9-10,12-15,26H,7-8,11,16-23H2. The number of benzene rings is 3. The first-order valence-corrected chi connectivity index (χ1v) is 14.8. The van der Waals surface area contributed by atoms with E-state index < -0.39 is 0 Å². The summed E-state index contributed by atoms with van der Waals surface area (Å²) >= 11 is 1.63. The van der Waals surface area contributed by atoms with Crippen molar-refractivity contribution in [2.75, 3.05) is 37.6 Å². The van der Waals surface area contributed by atoms with Crippen LogP contribution in [-0.4, -0.2) is 42.0 Å². The minimum atomic E-state index is 0.654. The zero-order chi connectivity index (χ0) is 24.6. The number of hydrogen-bond acceptors (Lipinski definition) is 4. The summed E-state index contributed by atoms with van der Waals surface area (Å²) in [5.74, 6) is 1.84. The van der Waals surface area contributed by atoms with Gasteiger partial charge in [-0.3, -0.25) is 4.90 Å². The van der Waals surface area contributed by atoms with E-state index in [9.17, 15) is 0 Å². The Balaban J connectivity index is 0.979. The summed E-state index contributed by atoms with van der Waals surface area (Å²) in [5, 5.41) is 1.31. The third-order valence-corrected chi connectivity index (χ3v) is 9.62. The van der Waals surface area contributed by atoms with Crippen molar-refractivity contribution in [2.24, 2.45) is 5.92 Å². The summed E-state index contributed by atoms with van der Waals surface area (Å²) in [6, 6.07) is 27.0. The van der Waals surface area contributed by atoms with Crippen LogP contribution in [0.1, 0.15) is 47.9 Å². The normalized spacial score (nSPS) is 19.6. The first kappa shape index (κ1) is 23.2. The van der Waals surface area contributed by atoms with E-state index in [0.717, 1.165) is 26.2 Å². The van der Waals surface area contributed by atoms with Gasteiger partial charge in [0, 0.05) is 31.6 Å². The van der Waals surface area contributed by atoms with Crippen molar-refractivity contribution < 1.29 is 0 Å². The van der Waals surface area contributed by atoms with Crippen molar-refractivity contribution in [3.05, 3.63) is 95.1 Å². The van der Waals surface area contributed by atoms with Crippen LogP contribution in [0, 0.1) is 5.92 Å². The molecule has 1 atom stereocenters. The van der Waals surface area contributed by atoms with Crippen molar-refractivity contribution in [1.82, 2.24) is 9.27 Å². The molecule has 2 heterocycles. The zero-order valence-corrected chi connectivity index (χ0v) is 22.4. The first-order valence-electron chi connectivity index (χ1n) is 14.1. The zero-order valence-electron chi connectivity index (χ0n) is 21.5. The van der Waals surface area contributed by atoms with E-state index in [2.05, 4.69) is 82.6 Å². The molecule has 1 unspecified atom stereocenters. The molecule has 0 amide bonds. The van der Waals surface area contributed by atoms with Crippen molar-refractivity contribution in [3.8, 4) is 0 Å². The van der Waals surface area contributed by atoms with Gasteiger partial charge in [0.05, 0.1) is 4.70 Å². The SMILES string of the molecule is c1ccc2c(c1)CC(CCCCN1CCN(c3nsc4ccccc34)CC1)C1=C2CCc2ccccc21. The second-order valence-corrected chi connectivity index (χ2v) is 11.7. The van der Waals surface area contributed by atoms with Gasteiger partial charge in [0.1, 0.15) is 5.82 Å². The molecule has 1 saturated heterocycles. The van der Waals surface area contributed by atoms with E-state index in [4.69, 9.17) is 4.37 Å². The van der Waals surface area contributed by atoms with Crippen LogP contribution in [0.2, 0.25) is 0 Å². The average Bonchev–Trinajstić information content (AvgIpc) is 3.39. The lowest BCUT2D eigenvalue weighted by molar-refractivity contribution is 0.251. The number of aryl methyl sites for hydroxylation is 1. The van der Waals surface area contributed by atoms with Gasteiger partial charge in [0.15, 0.2) is 0 Å². The molecule has 4 heteroatoms. The van der Waals surface area contributed by atoms with E-state index >= 15 is 0 Å². The highest BCUT2D eigenvalue weighted by molar-refractivity contribution is 7.13. The molecule has 0 radical (unpaired) electrons. The highest BCUT2D eigenvalue weighted by atomic mass is 32.1. The number of fused-ring (bicyclic) bond motifs is 5. The summed E-state index contributed by atoms with van der Waals surface area (Å²) in [5.41, 5.74) is 9.48. The van der Waals surface area contributed by atoms with Crippen LogP contribution < -0.4 is 4.90 Å². The van der Waals surface area contributed by atoms with Gasteiger partial charge in [-0.1, -0.05) is 67.1 Å². The topological polar surface area (TPSA) is 19.4 Å². The lowest BCUT2D eigenvalue weighted by Crippen LogP contribution is -2.46. The monoisotopic (exact) mass is 505 g/mol. The smallest absolute Gasteiger partial charge is 0.150 e. The van der Waals surface area contributed by atoms with Gasteiger partial charge in [0.2, 0.25) is 0 Å². The molecule has 0 bridgehead atoms. The van der Waals surface area contributed by atoms with E-state index in [-0.39, 0.29) is 0 Å². The molecule has 0 N–H and O–H groups in total. The molecule has 3 aromatic carbocycles. The van der Waals surface area contributed by atoms with Crippen molar-refractivity contribution in [1.29, 1.82) is 0 Å². The number of nitrogens with zero attached hydrogens (tertiary/aromatic N) is 3. The highest BCUT2D eigenvalue weighted by Gasteiger charge is 2.31. The Hall–Kier alpha value is -2.95. The fourth-order valence-corrected chi connectivity index (χ4v) is 7.72. The Morgan fingerprint density at radius 1 is 0.757 bits per heavy atom. The molecule has 37 heavy (non-hydrogen) atoms. The molecule has 3 aliphatic rings. The maximum atomic E-state index is 4.78. The molecule has 1 aromatic heterocycles. The molecular weight excluding hydrogens is 470 g/mol. The van der Waals surface area contributed by atoms with Crippen molar-refractivity contribution >= 4 is 38.6 Å². The number of rotatable bonds is 6. The van der Waals surface area contributed by atoms with Gasteiger partial charge >= 0.3 is 0 Å². The van der Waals surface area contributed by atoms with E-state index in [1.165, 1.54) is 72.1 Å². The Bertz CT molecular complexity index is 1440. The lowest BCUT2D eigenvalue weighted by Gasteiger charge is -2.36. The van der Waals surface area contributed by atoms with Crippen molar-refractivity contribution in [2.45, 2.75) is 38.5 Å². The Morgan fingerprint density at radius 2 is 1.51 bits per heavy atom. The fraction of sp³-hybridized carbons (Fsp3) is 0.364.